The van der Waals surface area contributed by atoms with E-state index in [2.05, 4.69) is 19.0 Å². The molecule has 1 unspecified atom stereocenters. The number of hydrogen-bond donors (Lipinski definition) is 2. The number of ether oxygens (including phenoxy) is 1. The normalized spacial score (nSPS) is 11.1. The van der Waals surface area contributed by atoms with Crippen LogP contribution in [0.4, 0.5) is 13.2 Å². The van der Waals surface area contributed by atoms with Crippen molar-refractivity contribution in [3.8, 4) is 11.1 Å². The molecular weight excluding hydrogens is 368 g/mol. The number of hydrogen-bond acceptors (Lipinski definition) is 3. The molecule has 5 nitrogen and oxygen atoms in total. The summed E-state index contributed by atoms with van der Waals surface area (Å²) in [4.78, 5) is 26.1. The Morgan fingerprint density at radius 3 is 2.58 bits per heavy atom. The van der Waals surface area contributed by atoms with Crippen LogP contribution < -0.4 is 16.6 Å². The number of carbonyl (C=O) groups is 1. The third-order valence-corrected chi connectivity index (χ3v) is 4.11. The Morgan fingerprint density at radius 1 is 1.23 bits per heavy atom. The number of carbonyl (C=O) groups excluding carboxylic acids is 1. The summed E-state index contributed by atoms with van der Waals surface area (Å²) in [7, 11) is 2.36. The lowest BCUT2D eigenvalue weighted by molar-refractivity contribution is -0.129. The molecule has 1 atom stereocenters. The maximum Gasteiger partial charge on any atom is 0.345 e. The molecule has 0 fully saturated rings. The predicted octanol–water partition coefficient (Wildman–Crippen LogP) is 2.34. The van der Waals surface area contributed by atoms with Gasteiger partial charge in [0.2, 0.25) is 0 Å². The van der Waals surface area contributed by atoms with E-state index in [0.717, 1.165) is 0 Å². The van der Waals surface area contributed by atoms with Gasteiger partial charge in [-0.05, 0) is 42.3 Å². The minimum atomic E-state index is -2.84. The summed E-state index contributed by atoms with van der Waals surface area (Å²) in [5.41, 5.74) is 5.17. The molecule has 0 bridgehead atoms. The third kappa shape index (κ3) is 5.16. The van der Waals surface area contributed by atoms with Crippen LogP contribution in [-0.4, -0.2) is 24.1 Å². The van der Waals surface area contributed by atoms with Gasteiger partial charge in [-0.1, -0.05) is 12.1 Å². The molecule has 0 spiro atoms. The fourth-order valence-corrected chi connectivity index (χ4v) is 2.78. The number of unbranched alkanes of at least 4 members (excludes halogenated alkanes) is 1. The van der Waals surface area contributed by atoms with Gasteiger partial charge in [0.05, 0.1) is 6.61 Å². The summed E-state index contributed by atoms with van der Waals surface area (Å²) >= 11 is 0. The van der Waals surface area contributed by atoms with E-state index in [4.69, 9.17) is 5.73 Å². The van der Waals surface area contributed by atoms with Crippen LogP contribution in [0.3, 0.4) is 0 Å². The fourth-order valence-electron chi connectivity index (χ4n) is 2.53. The van der Waals surface area contributed by atoms with E-state index in [9.17, 15) is 22.8 Å². The Labute approximate surface area is 150 Å². The number of primary amides is 1. The fraction of sp³-hybridized carbons (Fsp3) is 0.294. The van der Waals surface area contributed by atoms with Gasteiger partial charge in [-0.3, -0.25) is 9.59 Å². The summed E-state index contributed by atoms with van der Waals surface area (Å²) < 4.78 is 42.5. The Morgan fingerprint density at radius 2 is 1.96 bits per heavy atom. The van der Waals surface area contributed by atoms with Crippen molar-refractivity contribution in [2.45, 2.75) is 25.9 Å². The molecule has 1 aromatic heterocycles. The van der Waals surface area contributed by atoms with Gasteiger partial charge in [-0.2, -0.15) is 8.78 Å². The highest BCUT2D eigenvalue weighted by Crippen LogP contribution is 2.26. The highest BCUT2D eigenvalue weighted by Gasteiger charge is 2.16. The molecule has 0 saturated carbocycles. The molecule has 0 aliphatic rings. The van der Waals surface area contributed by atoms with E-state index in [1.54, 1.807) is 6.07 Å². The number of rotatable bonds is 8. The van der Waals surface area contributed by atoms with Crippen molar-refractivity contribution in [3.05, 3.63) is 51.7 Å². The average Bonchev–Trinajstić information content (AvgIpc) is 2.55. The molecule has 3 N–H and O–H groups in total. The third-order valence-electron chi connectivity index (χ3n) is 3.75. The van der Waals surface area contributed by atoms with Gasteiger partial charge in [0.1, 0.15) is 11.5 Å². The molecule has 0 saturated heterocycles. The molecule has 1 amide bonds. The molecule has 26 heavy (non-hydrogen) atoms. The Kier molecular flexibility index (Phi) is 6.94. The number of halogens is 3. The quantitative estimate of drug-likeness (QED) is 0.540. The molecule has 1 aromatic carbocycles. The van der Waals surface area contributed by atoms with Crippen LogP contribution in [0.2, 0.25) is 0 Å². The number of alkyl halides is 2. The van der Waals surface area contributed by atoms with E-state index in [-0.39, 0.29) is 35.4 Å². The zero-order valence-corrected chi connectivity index (χ0v) is 14.9. The number of amides is 1. The number of aromatic nitrogens is 1. The molecule has 2 rings (SSSR count). The van der Waals surface area contributed by atoms with Crippen LogP contribution >= 0.6 is 9.24 Å². The molecule has 9 heteroatoms. The lowest BCUT2D eigenvalue weighted by atomic mass is 9.96. The summed E-state index contributed by atoms with van der Waals surface area (Å²) in [6.45, 7) is -3.00. The molecule has 1 heterocycles. The molecule has 0 aliphatic heterocycles. The second kappa shape index (κ2) is 8.96. The van der Waals surface area contributed by atoms with Crippen LogP contribution in [0.15, 0.2) is 29.1 Å². The van der Waals surface area contributed by atoms with Crippen molar-refractivity contribution in [3.63, 3.8) is 0 Å². The topological polar surface area (TPSA) is 85.2 Å². The smallest absolute Gasteiger partial charge is 0.345 e. The van der Waals surface area contributed by atoms with Crippen molar-refractivity contribution in [2.24, 2.45) is 5.73 Å². The Hall–Kier alpha value is -2.18. The standard InChI is InChI=1S/C17H18F3N2O3P/c18-13-7-9(26)4-5-10(13)12-8-14(15(21)23)22-16(24)11(12)3-1-2-6-25-17(19)20/h4-5,7-8,17H,1-3,6,26H2,(H2,21,23)(H,22,24). The monoisotopic (exact) mass is 386 g/mol. The highest BCUT2D eigenvalue weighted by molar-refractivity contribution is 7.27. The van der Waals surface area contributed by atoms with Crippen LogP contribution in [-0.2, 0) is 11.2 Å². The average molecular weight is 386 g/mol. The molecule has 2 aromatic rings. The van der Waals surface area contributed by atoms with E-state index < -0.39 is 23.9 Å². The summed E-state index contributed by atoms with van der Waals surface area (Å²) in [5.74, 6) is -1.40. The summed E-state index contributed by atoms with van der Waals surface area (Å²) in [5, 5.41) is 0.622. The van der Waals surface area contributed by atoms with E-state index in [1.807, 2.05) is 0 Å². The lowest BCUT2D eigenvalue weighted by Gasteiger charge is -2.12. The molecule has 140 valence electrons. The first-order valence-electron chi connectivity index (χ1n) is 7.80. The first-order chi connectivity index (χ1) is 12.3. The first kappa shape index (κ1) is 20.1. The van der Waals surface area contributed by atoms with Crippen molar-refractivity contribution >= 4 is 20.5 Å². The van der Waals surface area contributed by atoms with E-state index >= 15 is 0 Å². The van der Waals surface area contributed by atoms with Gasteiger partial charge < -0.3 is 15.5 Å². The van der Waals surface area contributed by atoms with Crippen LogP contribution in [0.5, 0.6) is 0 Å². The maximum absolute atomic E-state index is 14.4. The molecular formula is C17H18F3N2O3P. The van der Waals surface area contributed by atoms with Gasteiger partial charge in [0.15, 0.2) is 0 Å². The lowest BCUT2D eigenvalue weighted by Crippen LogP contribution is -2.22. The number of H-pyrrole nitrogens is 1. The minimum absolute atomic E-state index is 0.135. The number of pyridine rings is 1. The van der Waals surface area contributed by atoms with Crippen molar-refractivity contribution in [2.75, 3.05) is 6.61 Å². The molecule has 0 aliphatic carbocycles. The zero-order valence-electron chi connectivity index (χ0n) is 13.7. The van der Waals surface area contributed by atoms with Gasteiger partial charge in [0, 0.05) is 11.1 Å². The van der Waals surface area contributed by atoms with Crippen LogP contribution in [0.25, 0.3) is 11.1 Å². The Balaban J connectivity index is 2.37. The number of aromatic amines is 1. The van der Waals surface area contributed by atoms with Gasteiger partial charge in [-0.25, -0.2) is 4.39 Å². The van der Waals surface area contributed by atoms with E-state index in [1.165, 1.54) is 18.2 Å². The molecule has 0 radical (unpaired) electrons. The maximum atomic E-state index is 14.4. The zero-order chi connectivity index (χ0) is 19.3. The Bertz CT molecular complexity index is 856. The predicted molar refractivity (Wildman–Crippen MR) is 95.2 cm³/mol. The highest BCUT2D eigenvalue weighted by atomic mass is 31.0. The first-order valence-corrected chi connectivity index (χ1v) is 8.38. The van der Waals surface area contributed by atoms with Gasteiger partial charge >= 0.3 is 6.61 Å². The van der Waals surface area contributed by atoms with Crippen LogP contribution in [0.1, 0.15) is 28.9 Å². The van der Waals surface area contributed by atoms with Gasteiger partial charge in [0.25, 0.3) is 11.5 Å². The van der Waals surface area contributed by atoms with Crippen molar-refractivity contribution in [1.82, 2.24) is 4.98 Å². The van der Waals surface area contributed by atoms with Crippen molar-refractivity contribution in [1.29, 1.82) is 0 Å². The number of benzene rings is 1. The summed E-state index contributed by atoms with van der Waals surface area (Å²) in [6.07, 6.45) is 0.883. The van der Waals surface area contributed by atoms with E-state index in [0.29, 0.717) is 18.1 Å². The second-order valence-electron chi connectivity index (χ2n) is 5.60. The summed E-state index contributed by atoms with van der Waals surface area (Å²) in [6, 6.07) is 5.76. The second-order valence-corrected chi connectivity index (χ2v) is 6.26. The largest absolute Gasteiger partial charge is 0.364 e. The number of nitrogens with two attached hydrogens (primary N) is 1. The van der Waals surface area contributed by atoms with Crippen LogP contribution in [0, 0.1) is 5.82 Å². The van der Waals surface area contributed by atoms with Gasteiger partial charge in [-0.15, -0.1) is 9.24 Å². The minimum Gasteiger partial charge on any atom is -0.364 e. The van der Waals surface area contributed by atoms with Crippen molar-refractivity contribution < 1.29 is 22.7 Å². The number of nitrogens with one attached hydrogen (secondary N) is 1. The SMILES string of the molecule is NC(=O)c1cc(-c2ccc(P)cc2F)c(CCCCOC(F)F)c(=O)[nH]1.